The van der Waals surface area contributed by atoms with E-state index in [-0.39, 0.29) is 6.15 Å². The van der Waals surface area contributed by atoms with Crippen LogP contribution < -0.4 is 16.9 Å². The van der Waals surface area contributed by atoms with Gasteiger partial charge in [0.1, 0.15) is 6.67 Å². The molecule has 3 nitrogen and oxygen atoms in total. The van der Waals surface area contributed by atoms with E-state index in [1.54, 1.807) is 0 Å². The molecule has 0 bridgehead atoms. The van der Waals surface area contributed by atoms with Crippen LogP contribution in [0.15, 0.2) is 34.3 Å². The zero-order valence-electron chi connectivity index (χ0n) is 5.62. The molecule has 52 valence electrons. The maximum Gasteiger partial charge on any atom is 0.130 e. The van der Waals surface area contributed by atoms with E-state index in [0.717, 1.165) is 10.7 Å². The Morgan fingerprint density at radius 1 is 1.00 bits per heavy atom. The van der Waals surface area contributed by atoms with Crippen LogP contribution in [0, 0.1) is 0 Å². The quantitative estimate of drug-likeness (QED) is 0.537. The van der Waals surface area contributed by atoms with Crippen LogP contribution in [0.2, 0.25) is 0 Å². The van der Waals surface area contributed by atoms with Gasteiger partial charge in [0.2, 0.25) is 0 Å². The largest absolute Gasteiger partial charge is 0.344 e. The Morgan fingerprint density at radius 3 is 2.00 bits per heavy atom. The summed E-state index contributed by atoms with van der Waals surface area (Å²) in [6.07, 6.45) is 0. The number of hydrogen-bond acceptors (Lipinski definition) is 3. The standard InChI is InChI=1S/C7H6N2.H3N/c1-2-4-7-6(3-1)8-5-9-7;/h1-4H,5H2;1H3. The van der Waals surface area contributed by atoms with Gasteiger partial charge in [0.25, 0.3) is 0 Å². The summed E-state index contributed by atoms with van der Waals surface area (Å²) in [5.41, 5.74) is 0. The molecule has 0 saturated heterocycles. The normalized spacial score (nSPS) is 12.4. The monoisotopic (exact) mass is 135 g/mol. The van der Waals surface area contributed by atoms with Gasteiger partial charge in [-0.25, -0.2) is 0 Å². The Morgan fingerprint density at radius 2 is 1.50 bits per heavy atom. The van der Waals surface area contributed by atoms with E-state index < -0.39 is 0 Å². The van der Waals surface area contributed by atoms with Crippen LogP contribution in [0.1, 0.15) is 0 Å². The molecular weight excluding hydrogens is 126 g/mol. The second-order valence-electron chi connectivity index (χ2n) is 1.95. The summed E-state index contributed by atoms with van der Waals surface area (Å²) in [7, 11) is 0. The van der Waals surface area contributed by atoms with Gasteiger partial charge in [-0.1, -0.05) is 12.1 Å². The van der Waals surface area contributed by atoms with Crippen LogP contribution in [0.3, 0.4) is 0 Å². The van der Waals surface area contributed by atoms with Crippen molar-refractivity contribution in [2.24, 2.45) is 9.98 Å². The summed E-state index contributed by atoms with van der Waals surface area (Å²) in [6.45, 7) is 0.610. The van der Waals surface area contributed by atoms with Crippen LogP contribution in [0.25, 0.3) is 0 Å². The average molecular weight is 135 g/mol. The highest BCUT2D eigenvalue weighted by Crippen LogP contribution is 1.77. The lowest BCUT2D eigenvalue weighted by Gasteiger charge is -1.76. The molecular formula is C7H9N3. The van der Waals surface area contributed by atoms with Gasteiger partial charge in [-0.3, -0.25) is 9.98 Å². The lowest BCUT2D eigenvalue weighted by atomic mass is 10.3. The first-order valence-corrected chi connectivity index (χ1v) is 2.91. The Labute approximate surface area is 58.7 Å². The molecule has 0 amide bonds. The molecule has 1 heterocycles. The summed E-state index contributed by atoms with van der Waals surface area (Å²) < 4.78 is 0. The highest BCUT2D eigenvalue weighted by molar-refractivity contribution is 5.02. The van der Waals surface area contributed by atoms with Gasteiger partial charge >= 0.3 is 0 Å². The molecule has 0 fully saturated rings. The van der Waals surface area contributed by atoms with E-state index in [0.29, 0.717) is 6.67 Å². The van der Waals surface area contributed by atoms with Crippen molar-refractivity contribution in [2.75, 3.05) is 6.67 Å². The second-order valence-corrected chi connectivity index (χ2v) is 1.95. The van der Waals surface area contributed by atoms with Crippen molar-refractivity contribution >= 4 is 0 Å². The minimum absolute atomic E-state index is 0. The fourth-order valence-corrected chi connectivity index (χ4v) is 0.919. The average Bonchev–Trinajstić information content (AvgIpc) is 2.33. The maximum absolute atomic E-state index is 4.13. The molecule has 3 N–H and O–H groups in total. The number of benzene rings is 1. The Balaban J connectivity index is 0.000000500. The summed E-state index contributed by atoms with van der Waals surface area (Å²) in [6, 6.07) is 7.91. The van der Waals surface area contributed by atoms with E-state index in [1.165, 1.54) is 0 Å². The van der Waals surface area contributed by atoms with E-state index in [1.807, 2.05) is 24.3 Å². The predicted octanol–water partition coefficient (Wildman–Crippen LogP) is 0.0589. The second kappa shape index (κ2) is 2.58. The molecule has 0 aromatic heterocycles. The summed E-state index contributed by atoms with van der Waals surface area (Å²) in [4.78, 5) is 8.27. The van der Waals surface area contributed by atoms with Gasteiger partial charge in [-0.15, -0.1) is 0 Å². The fraction of sp³-hybridized carbons (Fsp3) is 0.143. The molecule has 0 atom stereocenters. The summed E-state index contributed by atoms with van der Waals surface area (Å²) in [5, 5.41) is 2.05. The third-order valence-electron chi connectivity index (χ3n) is 1.36. The van der Waals surface area contributed by atoms with Crippen molar-refractivity contribution < 1.29 is 0 Å². The number of para-hydroxylation sites is 2. The molecule has 10 heavy (non-hydrogen) atoms. The van der Waals surface area contributed by atoms with Crippen molar-refractivity contribution in [1.29, 1.82) is 0 Å². The van der Waals surface area contributed by atoms with Gasteiger partial charge in [-0.05, 0) is 12.1 Å². The highest BCUT2D eigenvalue weighted by atomic mass is 15.0. The fourth-order valence-electron chi connectivity index (χ4n) is 0.919. The van der Waals surface area contributed by atoms with Crippen LogP contribution >= 0.6 is 0 Å². The Hall–Kier alpha value is -1.22. The molecule has 1 aromatic rings. The van der Waals surface area contributed by atoms with Crippen LogP contribution in [-0.2, 0) is 0 Å². The number of fused-ring (bicyclic) bond motifs is 1. The first-order chi connectivity index (χ1) is 4.47. The van der Waals surface area contributed by atoms with E-state index in [2.05, 4.69) is 9.98 Å². The minimum atomic E-state index is 0. The molecule has 0 aliphatic carbocycles. The van der Waals surface area contributed by atoms with E-state index in [9.17, 15) is 0 Å². The van der Waals surface area contributed by atoms with Gasteiger partial charge in [-0.2, -0.15) is 0 Å². The molecule has 0 saturated carbocycles. The van der Waals surface area contributed by atoms with Crippen LogP contribution in [0.4, 0.5) is 0 Å². The molecule has 0 spiro atoms. The zero-order chi connectivity index (χ0) is 6.10. The number of nitrogens with zero attached hydrogens (tertiary/aromatic N) is 2. The van der Waals surface area contributed by atoms with E-state index in [4.69, 9.17) is 0 Å². The van der Waals surface area contributed by atoms with Crippen molar-refractivity contribution in [3.63, 3.8) is 0 Å². The van der Waals surface area contributed by atoms with Crippen molar-refractivity contribution in [1.82, 2.24) is 6.15 Å². The Bertz CT molecular complexity index is 296. The highest BCUT2D eigenvalue weighted by Gasteiger charge is 1.90. The van der Waals surface area contributed by atoms with Crippen molar-refractivity contribution in [3.05, 3.63) is 35.0 Å². The lowest BCUT2D eigenvalue weighted by Crippen LogP contribution is -2.19. The molecule has 2 rings (SSSR count). The molecule has 0 unspecified atom stereocenters. The predicted molar refractivity (Wildman–Crippen MR) is 38.6 cm³/mol. The first kappa shape index (κ1) is 6.89. The van der Waals surface area contributed by atoms with Gasteiger partial charge in [0, 0.05) is 0 Å². The van der Waals surface area contributed by atoms with Crippen molar-refractivity contribution in [2.45, 2.75) is 0 Å². The van der Waals surface area contributed by atoms with Crippen LogP contribution in [-0.4, -0.2) is 6.67 Å². The van der Waals surface area contributed by atoms with Gasteiger partial charge in [0.05, 0.1) is 10.7 Å². The van der Waals surface area contributed by atoms with Gasteiger partial charge in [0.15, 0.2) is 0 Å². The molecule has 1 aliphatic rings. The minimum Gasteiger partial charge on any atom is -0.344 e. The molecule has 1 aliphatic heterocycles. The lowest BCUT2D eigenvalue weighted by molar-refractivity contribution is 1.06. The molecule has 1 aromatic carbocycles. The van der Waals surface area contributed by atoms with Crippen molar-refractivity contribution in [3.8, 4) is 0 Å². The first-order valence-electron chi connectivity index (χ1n) is 2.91. The number of hydrogen-bond donors (Lipinski definition) is 1. The summed E-state index contributed by atoms with van der Waals surface area (Å²) in [5.74, 6) is 0. The Kier molecular flexibility index (Phi) is 1.78. The summed E-state index contributed by atoms with van der Waals surface area (Å²) >= 11 is 0. The molecule has 3 heteroatoms. The van der Waals surface area contributed by atoms with E-state index >= 15 is 0 Å². The van der Waals surface area contributed by atoms with Crippen LogP contribution in [0.5, 0.6) is 0 Å². The van der Waals surface area contributed by atoms with Gasteiger partial charge < -0.3 is 6.15 Å². The zero-order valence-corrected chi connectivity index (χ0v) is 5.62. The smallest absolute Gasteiger partial charge is 0.130 e. The number of rotatable bonds is 0. The topological polar surface area (TPSA) is 59.7 Å². The third kappa shape index (κ3) is 0.910. The molecule has 0 radical (unpaired) electrons. The SMILES string of the molecule is N.c1ccc2c(c1)=NCN=2. The third-order valence-corrected chi connectivity index (χ3v) is 1.36. The maximum atomic E-state index is 4.13.